The van der Waals surface area contributed by atoms with E-state index < -0.39 is 11.9 Å². The van der Waals surface area contributed by atoms with Crippen LogP contribution < -0.4 is 14.8 Å². The summed E-state index contributed by atoms with van der Waals surface area (Å²) in [5.41, 5.74) is 2.73. The SMILES string of the molecule is CCOc1cc(/C=C(\C#N)C(=O)Nc2cccc(Cl)c2C)cc(I)c1OCc1ccc(C(=O)O)cc1. The summed E-state index contributed by atoms with van der Waals surface area (Å²) in [5, 5.41) is 21.9. The molecule has 0 fully saturated rings. The van der Waals surface area contributed by atoms with Gasteiger partial charge in [0.25, 0.3) is 5.91 Å². The third-order valence-corrected chi connectivity index (χ3v) is 6.32. The van der Waals surface area contributed by atoms with Crippen LogP contribution in [0.2, 0.25) is 5.02 Å². The van der Waals surface area contributed by atoms with E-state index >= 15 is 0 Å². The molecule has 2 N–H and O–H groups in total. The Hall–Kier alpha value is -3.55. The summed E-state index contributed by atoms with van der Waals surface area (Å²) < 4.78 is 12.5. The predicted octanol–water partition coefficient (Wildman–Crippen LogP) is 6.47. The van der Waals surface area contributed by atoms with Gasteiger partial charge < -0.3 is 19.9 Å². The van der Waals surface area contributed by atoms with Crippen molar-refractivity contribution >= 4 is 57.8 Å². The van der Waals surface area contributed by atoms with Crippen LogP contribution in [-0.2, 0) is 11.4 Å². The van der Waals surface area contributed by atoms with E-state index in [9.17, 15) is 14.9 Å². The summed E-state index contributed by atoms with van der Waals surface area (Å²) >= 11 is 8.22. The zero-order valence-electron chi connectivity index (χ0n) is 19.5. The van der Waals surface area contributed by atoms with Crippen LogP contribution in [0.25, 0.3) is 6.08 Å². The Kier molecular flexibility index (Phi) is 9.33. The van der Waals surface area contributed by atoms with Crippen molar-refractivity contribution in [1.29, 1.82) is 5.26 Å². The highest BCUT2D eigenvalue weighted by molar-refractivity contribution is 14.1. The summed E-state index contributed by atoms with van der Waals surface area (Å²) in [7, 11) is 0. The summed E-state index contributed by atoms with van der Waals surface area (Å²) in [6.07, 6.45) is 1.48. The molecular formula is C27H22ClIN2O5. The van der Waals surface area contributed by atoms with Crippen molar-refractivity contribution in [2.24, 2.45) is 0 Å². The number of carboxylic acids is 1. The lowest BCUT2D eigenvalue weighted by atomic mass is 10.1. The Morgan fingerprint density at radius 1 is 1.17 bits per heavy atom. The number of rotatable bonds is 9. The number of hydrogen-bond donors (Lipinski definition) is 2. The van der Waals surface area contributed by atoms with Crippen molar-refractivity contribution in [2.75, 3.05) is 11.9 Å². The minimum Gasteiger partial charge on any atom is -0.490 e. The maximum absolute atomic E-state index is 12.8. The summed E-state index contributed by atoms with van der Waals surface area (Å²) in [5.74, 6) is -0.580. The quantitative estimate of drug-likeness (QED) is 0.162. The number of carboxylic acid groups (broad SMARTS) is 1. The zero-order chi connectivity index (χ0) is 26.2. The van der Waals surface area contributed by atoms with Crippen molar-refractivity contribution < 1.29 is 24.2 Å². The summed E-state index contributed by atoms with van der Waals surface area (Å²) in [4.78, 5) is 23.8. The van der Waals surface area contributed by atoms with Crippen LogP contribution in [0.1, 0.15) is 34.0 Å². The molecule has 0 aliphatic carbocycles. The molecule has 3 aromatic rings. The molecule has 0 aliphatic rings. The van der Waals surface area contributed by atoms with Crippen molar-refractivity contribution in [3.05, 3.63) is 91.0 Å². The molecule has 0 saturated heterocycles. The summed E-state index contributed by atoms with van der Waals surface area (Å²) in [6.45, 7) is 4.21. The second-order valence-corrected chi connectivity index (χ2v) is 9.16. The first-order valence-electron chi connectivity index (χ1n) is 10.8. The first-order chi connectivity index (χ1) is 17.2. The first kappa shape index (κ1) is 27.0. The number of benzene rings is 3. The molecule has 9 heteroatoms. The lowest BCUT2D eigenvalue weighted by Gasteiger charge is -2.15. The molecule has 0 atom stereocenters. The third-order valence-electron chi connectivity index (χ3n) is 5.11. The fourth-order valence-corrected chi connectivity index (χ4v) is 4.18. The molecule has 0 aliphatic heterocycles. The number of nitrogens with zero attached hydrogens (tertiary/aromatic N) is 1. The molecule has 7 nitrogen and oxygen atoms in total. The van der Waals surface area contributed by atoms with Gasteiger partial charge in [0, 0.05) is 10.7 Å². The van der Waals surface area contributed by atoms with Crippen molar-refractivity contribution in [3.8, 4) is 17.6 Å². The second kappa shape index (κ2) is 12.4. The van der Waals surface area contributed by atoms with Gasteiger partial charge in [-0.05, 0) is 95.6 Å². The largest absolute Gasteiger partial charge is 0.490 e. The number of amides is 1. The molecule has 0 unspecified atom stereocenters. The fourth-order valence-electron chi connectivity index (χ4n) is 3.22. The Morgan fingerprint density at radius 2 is 1.89 bits per heavy atom. The Balaban J connectivity index is 1.84. The van der Waals surface area contributed by atoms with Gasteiger partial charge in [-0.3, -0.25) is 4.79 Å². The topological polar surface area (TPSA) is 109 Å². The molecule has 3 rings (SSSR count). The number of anilines is 1. The maximum Gasteiger partial charge on any atom is 0.335 e. The van der Waals surface area contributed by atoms with Gasteiger partial charge in [0.15, 0.2) is 11.5 Å². The number of nitrogens with one attached hydrogen (secondary N) is 1. The van der Waals surface area contributed by atoms with E-state index in [-0.39, 0.29) is 17.7 Å². The Bertz CT molecular complexity index is 1360. The molecule has 0 bridgehead atoms. The van der Waals surface area contributed by atoms with E-state index in [0.29, 0.717) is 39.9 Å². The molecule has 0 heterocycles. The van der Waals surface area contributed by atoms with Crippen molar-refractivity contribution in [1.82, 2.24) is 0 Å². The minimum atomic E-state index is -0.993. The van der Waals surface area contributed by atoms with Gasteiger partial charge in [0.1, 0.15) is 18.2 Å². The molecule has 3 aromatic carbocycles. The Morgan fingerprint density at radius 3 is 2.53 bits per heavy atom. The second-order valence-electron chi connectivity index (χ2n) is 7.59. The third kappa shape index (κ3) is 6.77. The average Bonchev–Trinajstić information content (AvgIpc) is 2.85. The van der Waals surface area contributed by atoms with E-state index in [2.05, 4.69) is 27.9 Å². The standard InChI is InChI=1S/C27H22ClIN2O5/c1-3-35-24-13-18(11-20(14-30)26(32)31-23-6-4-5-21(28)16(23)2)12-22(29)25(24)36-15-17-7-9-19(10-8-17)27(33)34/h4-13H,3,15H2,1-2H3,(H,31,32)(H,33,34)/b20-11+. The van der Waals surface area contributed by atoms with Gasteiger partial charge in [-0.25, -0.2) is 4.79 Å². The maximum atomic E-state index is 12.8. The molecule has 36 heavy (non-hydrogen) atoms. The van der Waals surface area contributed by atoms with E-state index in [1.807, 2.05) is 13.0 Å². The Labute approximate surface area is 227 Å². The number of aromatic carboxylic acids is 1. The van der Waals surface area contributed by atoms with Crippen molar-refractivity contribution in [3.63, 3.8) is 0 Å². The normalized spacial score (nSPS) is 10.9. The van der Waals surface area contributed by atoms with Gasteiger partial charge in [-0.1, -0.05) is 29.8 Å². The number of carbonyl (C=O) groups excluding carboxylic acids is 1. The molecule has 0 saturated carbocycles. The molecule has 184 valence electrons. The highest BCUT2D eigenvalue weighted by Gasteiger charge is 2.16. The van der Waals surface area contributed by atoms with Crippen LogP contribution in [-0.4, -0.2) is 23.6 Å². The van der Waals surface area contributed by atoms with Crippen LogP contribution >= 0.6 is 34.2 Å². The molecule has 0 radical (unpaired) electrons. The van der Waals surface area contributed by atoms with Crippen LogP contribution in [0, 0.1) is 21.8 Å². The molecule has 0 spiro atoms. The van der Waals surface area contributed by atoms with E-state index in [1.54, 1.807) is 49.4 Å². The number of halogens is 2. The van der Waals surface area contributed by atoms with Gasteiger partial charge in [0.05, 0.1) is 15.7 Å². The number of hydrogen-bond acceptors (Lipinski definition) is 5. The van der Waals surface area contributed by atoms with Gasteiger partial charge >= 0.3 is 5.97 Å². The minimum absolute atomic E-state index is 0.0835. The number of nitriles is 1. The lowest BCUT2D eigenvalue weighted by Crippen LogP contribution is -2.14. The molecule has 0 aromatic heterocycles. The summed E-state index contributed by atoms with van der Waals surface area (Å²) in [6, 6.07) is 17.0. The van der Waals surface area contributed by atoms with E-state index in [4.69, 9.17) is 26.2 Å². The fraction of sp³-hybridized carbons (Fsp3) is 0.148. The van der Waals surface area contributed by atoms with Gasteiger partial charge in [-0.15, -0.1) is 0 Å². The van der Waals surface area contributed by atoms with Gasteiger partial charge in [0.2, 0.25) is 0 Å². The van der Waals surface area contributed by atoms with Crippen LogP contribution in [0.3, 0.4) is 0 Å². The van der Waals surface area contributed by atoms with Crippen molar-refractivity contribution in [2.45, 2.75) is 20.5 Å². The molecular weight excluding hydrogens is 595 g/mol. The lowest BCUT2D eigenvalue weighted by molar-refractivity contribution is -0.112. The van der Waals surface area contributed by atoms with E-state index in [1.165, 1.54) is 18.2 Å². The monoisotopic (exact) mass is 616 g/mol. The molecule has 1 amide bonds. The number of carbonyl (C=O) groups is 2. The average molecular weight is 617 g/mol. The van der Waals surface area contributed by atoms with E-state index in [0.717, 1.165) is 9.13 Å². The highest BCUT2D eigenvalue weighted by Crippen LogP contribution is 2.35. The number of ether oxygens (including phenoxy) is 2. The van der Waals surface area contributed by atoms with Crippen LogP contribution in [0.4, 0.5) is 5.69 Å². The van der Waals surface area contributed by atoms with Crippen LogP contribution in [0.5, 0.6) is 11.5 Å². The predicted molar refractivity (Wildman–Crippen MR) is 146 cm³/mol. The first-order valence-corrected chi connectivity index (χ1v) is 12.3. The van der Waals surface area contributed by atoms with Gasteiger partial charge in [-0.2, -0.15) is 5.26 Å². The smallest absolute Gasteiger partial charge is 0.335 e. The zero-order valence-corrected chi connectivity index (χ0v) is 22.4. The highest BCUT2D eigenvalue weighted by atomic mass is 127. The van der Waals surface area contributed by atoms with Crippen LogP contribution in [0.15, 0.2) is 60.2 Å².